The Balaban J connectivity index is 2.28. The standard InChI is InChI=1S/C22H18ClFN4O5S/c1-32-18-14(13(21(34)28-22(25)31)15(23)19(33-2)17(18)29)16-12(8-5-9-26-16)27-20(30)10-6-3-4-7-11(10)24/h3-9,29H,1-2H3,(H,27,30)(H3,25,28,31,34). The summed E-state index contributed by atoms with van der Waals surface area (Å²) < 4.78 is 24.7. The second-order valence-corrected chi connectivity index (χ2v) is 7.42. The van der Waals surface area contributed by atoms with Gasteiger partial charge in [-0.05, 0) is 24.3 Å². The Morgan fingerprint density at radius 3 is 2.44 bits per heavy atom. The number of urea groups is 1. The Bertz CT molecular complexity index is 1300. The van der Waals surface area contributed by atoms with Gasteiger partial charge in [-0.15, -0.1) is 0 Å². The van der Waals surface area contributed by atoms with Crippen molar-refractivity contribution in [1.82, 2.24) is 10.3 Å². The largest absolute Gasteiger partial charge is 0.502 e. The average molecular weight is 505 g/mol. The number of rotatable bonds is 6. The molecule has 0 saturated carbocycles. The van der Waals surface area contributed by atoms with E-state index < -0.39 is 23.5 Å². The van der Waals surface area contributed by atoms with Crippen molar-refractivity contribution < 1.29 is 28.6 Å². The van der Waals surface area contributed by atoms with E-state index in [0.717, 1.165) is 6.07 Å². The van der Waals surface area contributed by atoms with Gasteiger partial charge in [0.15, 0.2) is 11.5 Å². The van der Waals surface area contributed by atoms with Gasteiger partial charge in [-0.1, -0.05) is 36.0 Å². The van der Waals surface area contributed by atoms with Crippen LogP contribution in [0.5, 0.6) is 17.2 Å². The summed E-state index contributed by atoms with van der Waals surface area (Å²) in [6.45, 7) is 0. The number of pyridine rings is 1. The Morgan fingerprint density at radius 2 is 1.82 bits per heavy atom. The molecule has 3 rings (SSSR count). The van der Waals surface area contributed by atoms with Crippen LogP contribution in [0.2, 0.25) is 5.02 Å². The molecule has 0 atom stereocenters. The van der Waals surface area contributed by atoms with Gasteiger partial charge in [0.2, 0.25) is 5.75 Å². The van der Waals surface area contributed by atoms with Crippen LogP contribution in [0.3, 0.4) is 0 Å². The van der Waals surface area contributed by atoms with Crippen LogP contribution in [0.1, 0.15) is 15.9 Å². The summed E-state index contributed by atoms with van der Waals surface area (Å²) in [5, 5.41) is 15.4. The van der Waals surface area contributed by atoms with Gasteiger partial charge in [0.25, 0.3) is 5.91 Å². The molecular formula is C22H18ClFN4O5S. The highest BCUT2D eigenvalue weighted by Gasteiger charge is 2.30. The van der Waals surface area contributed by atoms with Crippen LogP contribution in [-0.2, 0) is 0 Å². The lowest BCUT2D eigenvalue weighted by atomic mass is 9.99. The number of amides is 3. The molecule has 0 spiro atoms. The summed E-state index contributed by atoms with van der Waals surface area (Å²) in [5.74, 6) is -2.30. The maximum Gasteiger partial charge on any atom is 0.317 e. The number of benzene rings is 2. The Kier molecular flexibility index (Phi) is 7.49. The van der Waals surface area contributed by atoms with Gasteiger partial charge in [-0.25, -0.2) is 9.18 Å². The number of primary amides is 1. The molecule has 3 aromatic rings. The molecule has 176 valence electrons. The first-order chi connectivity index (χ1) is 16.2. The second kappa shape index (κ2) is 10.3. The molecule has 0 aliphatic carbocycles. The molecule has 0 saturated heterocycles. The van der Waals surface area contributed by atoms with Gasteiger partial charge in [0.05, 0.1) is 41.8 Å². The number of hydrogen-bond acceptors (Lipinski definition) is 7. The van der Waals surface area contributed by atoms with E-state index in [1.807, 2.05) is 0 Å². The molecular weight excluding hydrogens is 487 g/mol. The van der Waals surface area contributed by atoms with Crippen LogP contribution in [0.25, 0.3) is 11.3 Å². The number of halogens is 2. The number of carbonyl (C=O) groups excluding carboxylic acids is 2. The van der Waals surface area contributed by atoms with Crippen LogP contribution in [-0.4, -0.2) is 41.2 Å². The van der Waals surface area contributed by atoms with Crippen molar-refractivity contribution in [3.63, 3.8) is 0 Å². The smallest absolute Gasteiger partial charge is 0.317 e. The van der Waals surface area contributed by atoms with E-state index in [1.54, 1.807) is 0 Å². The normalized spacial score (nSPS) is 10.4. The molecule has 1 aromatic heterocycles. The minimum atomic E-state index is -0.966. The topological polar surface area (TPSA) is 136 Å². The van der Waals surface area contributed by atoms with E-state index in [9.17, 15) is 19.1 Å². The van der Waals surface area contributed by atoms with Gasteiger partial charge in [-0.2, -0.15) is 0 Å². The molecule has 12 heteroatoms. The summed E-state index contributed by atoms with van der Waals surface area (Å²) in [6.07, 6.45) is 1.40. The number of ether oxygens (including phenoxy) is 2. The average Bonchev–Trinajstić information content (AvgIpc) is 2.79. The Morgan fingerprint density at radius 1 is 1.15 bits per heavy atom. The van der Waals surface area contributed by atoms with Gasteiger partial charge < -0.3 is 25.6 Å². The summed E-state index contributed by atoms with van der Waals surface area (Å²) in [4.78, 5) is 28.3. The number of nitrogens with zero attached hydrogens (tertiary/aromatic N) is 1. The van der Waals surface area contributed by atoms with Crippen LogP contribution >= 0.6 is 23.8 Å². The lowest BCUT2D eigenvalue weighted by molar-refractivity contribution is 0.102. The third kappa shape index (κ3) is 4.70. The maximum absolute atomic E-state index is 14.1. The number of methoxy groups -OCH3 is 2. The molecule has 0 aliphatic heterocycles. The van der Waals surface area contributed by atoms with Crippen LogP contribution in [0.15, 0.2) is 42.6 Å². The summed E-state index contributed by atoms with van der Waals surface area (Å²) in [7, 11) is 2.52. The molecule has 3 amide bonds. The highest BCUT2D eigenvalue weighted by Crippen LogP contribution is 2.51. The molecule has 0 radical (unpaired) electrons. The lowest BCUT2D eigenvalue weighted by Gasteiger charge is -2.21. The van der Waals surface area contributed by atoms with Gasteiger partial charge >= 0.3 is 6.03 Å². The van der Waals surface area contributed by atoms with Crippen LogP contribution in [0.4, 0.5) is 14.9 Å². The lowest BCUT2D eigenvalue weighted by Crippen LogP contribution is -2.35. The number of anilines is 1. The van der Waals surface area contributed by atoms with Gasteiger partial charge in [0.1, 0.15) is 10.8 Å². The Labute approximate surface area is 203 Å². The quantitative estimate of drug-likeness (QED) is 0.374. The number of aromatic nitrogens is 1. The molecule has 0 aliphatic rings. The summed E-state index contributed by atoms with van der Waals surface area (Å²) >= 11 is 11.8. The molecule has 0 fully saturated rings. The maximum atomic E-state index is 14.1. The first kappa shape index (κ1) is 24.7. The van der Waals surface area contributed by atoms with Crippen molar-refractivity contribution >= 4 is 46.4 Å². The molecule has 0 unspecified atom stereocenters. The first-order valence-corrected chi connectivity index (χ1v) is 10.3. The number of phenols is 1. The third-order valence-corrected chi connectivity index (χ3v) is 5.28. The summed E-state index contributed by atoms with van der Waals surface area (Å²) in [6, 6.07) is 7.48. The van der Waals surface area contributed by atoms with E-state index in [0.29, 0.717) is 0 Å². The SMILES string of the molecule is COc1c(O)c(OC)c(-c2ncccc2NC(=O)c2ccccc2F)c(C(=S)NC(N)=O)c1Cl. The van der Waals surface area contributed by atoms with Crippen molar-refractivity contribution in [1.29, 1.82) is 0 Å². The molecule has 1 heterocycles. The van der Waals surface area contributed by atoms with E-state index in [2.05, 4.69) is 15.6 Å². The summed E-state index contributed by atoms with van der Waals surface area (Å²) in [5.41, 5.74) is 5.18. The zero-order chi connectivity index (χ0) is 25.0. The van der Waals surface area contributed by atoms with Crippen molar-refractivity contribution in [2.75, 3.05) is 19.5 Å². The zero-order valence-electron chi connectivity index (χ0n) is 17.8. The van der Waals surface area contributed by atoms with Crippen molar-refractivity contribution in [2.45, 2.75) is 0 Å². The van der Waals surface area contributed by atoms with Crippen molar-refractivity contribution in [3.8, 4) is 28.5 Å². The molecule has 34 heavy (non-hydrogen) atoms. The highest BCUT2D eigenvalue weighted by molar-refractivity contribution is 7.80. The molecule has 9 nitrogen and oxygen atoms in total. The van der Waals surface area contributed by atoms with Crippen LogP contribution < -0.4 is 25.8 Å². The Hall–Kier alpha value is -3.96. The van der Waals surface area contributed by atoms with E-state index in [4.69, 9.17) is 39.0 Å². The predicted molar refractivity (Wildman–Crippen MR) is 128 cm³/mol. The van der Waals surface area contributed by atoms with Crippen molar-refractivity contribution in [2.24, 2.45) is 5.73 Å². The second-order valence-electron chi connectivity index (χ2n) is 6.63. The molecule has 0 bridgehead atoms. The number of aromatic hydroxyl groups is 1. The first-order valence-electron chi connectivity index (χ1n) is 9.49. The number of thiocarbonyl (C=S) groups is 1. The zero-order valence-corrected chi connectivity index (χ0v) is 19.4. The fourth-order valence-electron chi connectivity index (χ4n) is 3.20. The van der Waals surface area contributed by atoms with Gasteiger partial charge in [-0.3, -0.25) is 15.1 Å². The van der Waals surface area contributed by atoms with E-state index >= 15 is 0 Å². The fraction of sp³-hybridized carbons (Fsp3) is 0.0909. The number of phenolic OH excluding ortho intramolecular Hbond substituents is 1. The number of nitrogens with two attached hydrogens (primary N) is 1. The molecule has 2 aromatic carbocycles. The monoisotopic (exact) mass is 504 g/mol. The third-order valence-electron chi connectivity index (χ3n) is 4.61. The van der Waals surface area contributed by atoms with Crippen LogP contribution in [0, 0.1) is 5.82 Å². The fourth-order valence-corrected chi connectivity index (χ4v) is 3.92. The predicted octanol–water partition coefficient (Wildman–Crippen LogP) is 3.86. The number of carbonyl (C=O) groups is 2. The van der Waals surface area contributed by atoms with E-state index in [1.165, 1.54) is 50.7 Å². The van der Waals surface area contributed by atoms with E-state index in [-0.39, 0.29) is 49.6 Å². The number of nitrogens with one attached hydrogen (secondary N) is 2. The number of hydrogen-bond donors (Lipinski definition) is 4. The molecule has 5 N–H and O–H groups in total. The van der Waals surface area contributed by atoms with Crippen molar-refractivity contribution in [3.05, 3.63) is 64.6 Å². The highest BCUT2D eigenvalue weighted by atomic mass is 35.5. The minimum Gasteiger partial charge on any atom is -0.502 e. The minimum absolute atomic E-state index is 0.0120. The van der Waals surface area contributed by atoms with Gasteiger partial charge in [0, 0.05) is 11.8 Å².